The van der Waals surface area contributed by atoms with Crippen molar-refractivity contribution < 1.29 is 0 Å². The topological polar surface area (TPSA) is 74.3 Å². The van der Waals surface area contributed by atoms with Gasteiger partial charge in [-0.15, -0.1) is 0 Å². The van der Waals surface area contributed by atoms with E-state index < -0.39 is 0 Å². The number of nitrogens with zero attached hydrogens (tertiary/aromatic N) is 7. The Kier molecular flexibility index (Phi) is 4.43. The molecule has 7 nitrogen and oxygen atoms in total. The molecule has 4 aromatic heterocycles. The Morgan fingerprint density at radius 2 is 1.81 bits per heavy atom. The van der Waals surface area contributed by atoms with Crippen LogP contribution in [0.25, 0.3) is 22.4 Å². The third-order valence-corrected chi connectivity index (χ3v) is 4.54. The smallest absolute Gasteiger partial charge is 0.162 e. The second-order valence-corrected chi connectivity index (χ2v) is 7.26. The fourth-order valence-corrected chi connectivity index (χ4v) is 3.04. The molecule has 27 heavy (non-hydrogen) atoms. The van der Waals surface area contributed by atoms with Crippen LogP contribution in [0.15, 0.2) is 43.2 Å². The van der Waals surface area contributed by atoms with E-state index in [1.807, 2.05) is 35.7 Å². The molecule has 0 aliphatic carbocycles. The minimum absolute atomic E-state index is 0.309. The Bertz CT molecular complexity index is 1070. The van der Waals surface area contributed by atoms with E-state index in [1.165, 1.54) is 0 Å². The zero-order valence-electron chi connectivity index (χ0n) is 16.0. The molecule has 0 aliphatic rings. The minimum Gasteiger partial charge on any atom is -0.328 e. The van der Waals surface area contributed by atoms with Crippen molar-refractivity contribution >= 4 is 11.0 Å². The Labute approximate surface area is 158 Å². The van der Waals surface area contributed by atoms with Crippen molar-refractivity contribution in [2.45, 2.75) is 46.2 Å². The fourth-order valence-electron chi connectivity index (χ4n) is 3.04. The maximum atomic E-state index is 4.71. The van der Waals surface area contributed by atoms with Gasteiger partial charge in [0, 0.05) is 36.6 Å². The van der Waals surface area contributed by atoms with E-state index in [-0.39, 0.29) is 0 Å². The van der Waals surface area contributed by atoms with Crippen LogP contribution in [0.3, 0.4) is 0 Å². The van der Waals surface area contributed by atoms with E-state index in [1.54, 1.807) is 6.20 Å². The van der Waals surface area contributed by atoms with Crippen molar-refractivity contribution in [2.75, 3.05) is 0 Å². The molecule has 0 spiro atoms. The Balaban J connectivity index is 1.63. The van der Waals surface area contributed by atoms with E-state index in [4.69, 9.17) is 4.98 Å². The second-order valence-electron chi connectivity index (χ2n) is 7.26. The average Bonchev–Trinajstić information content (AvgIpc) is 3.29. The average molecular weight is 361 g/mol. The Morgan fingerprint density at radius 3 is 2.56 bits per heavy atom. The van der Waals surface area contributed by atoms with Gasteiger partial charge in [0.1, 0.15) is 5.52 Å². The van der Waals surface area contributed by atoms with Gasteiger partial charge in [-0.3, -0.25) is 9.67 Å². The molecule has 0 saturated heterocycles. The zero-order valence-corrected chi connectivity index (χ0v) is 16.0. The van der Waals surface area contributed by atoms with Gasteiger partial charge >= 0.3 is 0 Å². The standard InChI is InChI=1S/C20H23N7/c1-13(2)26-12-23-18-10-22-17(8-19(18)26)7-16-5-6-21-20(25-16)15-9-24-27(11-15)14(3)4/h5-6,8-14H,7H2,1-4H3. The van der Waals surface area contributed by atoms with Crippen molar-refractivity contribution in [3.63, 3.8) is 0 Å². The largest absolute Gasteiger partial charge is 0.328 e. The van der Waals surface area contributed by atoms with E-state index in [0.717, 1.165) is 28.0 Å². The molecule has 4 rings (SSSR count). The van der Waals surface area contributed by atoms with E-state index in [2.05, 4.69) is 58.4 Å². The normalized spacial score (nSPS) is 11.8. The first kappa shape index (κ1) is 17.3. The van der Waals surface area contributed by atoms with Gasteiger partial charge in [-0.25, -0.2) is 15.0 Å². The van der Waals surface area contributed by atoms with Crippen LogP contribution in [0.1, 0.15) is 51.2 Å². The van der Waals surface area contributed by atoms with E-state index >= 15 is 0 Å². The summed E-state index contributed by atoms with van der Waals surface area (Å²) in [5, 5.41) is 4.37. The molecule has 0 amide bonds. The molecule has 7 heteroatoms. The van der Waals surface area contributed by atoms with Crippen LogP contribution in [-0.4, -0.2) is 34.3 Å². The number of fused-ring (bicyclic) bond motifs is 1. The third kappa shape index (κ3) is 3.45. The number of imidazole rings is 1. The molecular weight excluding hydrogens is 338 g/mol. The minimum atomic E-state index is 0.309. The van der Waals surface area contributed by atoms with Gasteiger partial charge in [0.25, 0.3) is 0 Å². The molecule has 0 saturated carbocycles. The predicted octanol–water partition coefficient (Wildman–Crippen LogP) is 3.84. The van der Waals surface area contributed by atoms with Crippen LogP contribution in [0.4, 0.5) is 0 Å². The number of aromatic nitrogens is 7. The summed E-state index contributed by atoms with van der Waals surface area (Å²) in [5.74, 6) is 0.688. The predicted molar refractivity (Wildman–Crippen MR) is 104 cm³/mol. The van der Waals surface area contributed by atoms with Crippen LogP contribution >= 0.6 is 0 Å². The van der Waals surface area contributed by atoms with E-state index in [9.17, 15) is 0 Å². The van der Waals surface area contributed by atoms with Gasteiger partial charge in [0.05, 0.1) is 35.5 Å². The highest BCUT2D eigenvalue weighted by Crippen LogP contribution is 2.20. The van der Waals surface area contributed by atoms with Crippen LogP contribution in [0.2, 0.25) is 0 Å². The van der Waals surface area contributed by atoms with Crippen molar-refractivity contribution in [1.82, 2.24) is 34.3 Å². The number of rotatable bonds is 5. The molecule has 0 unspecified atom stereocenters. The summed E-state index contributed by atoms with van der Waals surface area (Å²) < 4.78 is 4.07. The van der Waals surface area contributed by atoms with Crippen LogP contribution in [0.5, 0.6) is 0 Å². The van der Waals surface area contributed by atoms with Crippen LogP contribution in [0, 0.1) is 0 Å². The lowest BCUT2D eigenvalue weighted by molar-refractivity contribution is 0.532. The van der Waals surface area contributed by atoms with Gasteiger partial charge in [-0.05, 0) is 39.8 Å². The highest BCUT2D eigenvalue weighted by molar-refractivity contribution is 5.74. The molecule has 0 bridgehead atoms. The first-order valence-electron chi connectivity index (χ1n) is 9.19. The molecule has 0 fully saturated rings. The number of hydrogen-bond donors (Lipinski definition) is 0. The SMILES string of the molecule is CC(C)n1cc(-c2nccc(Cc3cc4c(cn3)ncn4C(C)C)n2)cn1. The van der Waals surface area contributed by atoms with Gasteiger partial charge < -0.3 is 4.57 Å². The molecular formula is C20H23N7. The maximum absolute atomic E-state index is 4.71. The van der Waals surface area contributed by atoms with Crippen LogP contribution in [-0.2, 0) is 6.42 Å². The van der Waals surface area contributed by atoms with Crippen molar-refractivity contribution in [3.8, 4) is 11.4 Å². The second kappa shape index (κ2) is 6.90. The monoisotopic (exact) mass is 361 g/mol. The van der Waals surface area contributed by atoms with Gasteiger partial charge in [-0.1, -0.05) is 0 Å². The van der Waals surface area contributed by atoms with Gasteiger partial charge in [-0.2, -0.15) is 5.10 Å². The summed E-state index contributed by atoms with van der Waals surface area (Å²) in [5.41, 5.74) is 4.83. The summed E-state index contributed by atoms with van der Waals surface area (Å²) in [6.45, 7) is 8.49. The molecule has 0 aromatic carbocycles. The van der Waals surface area contributed by atoms with Crippen molar-refractivity contribution in [2.24, 2.45) is 0 Å². The van der Waals surface area contributed by atoms with E-state index in [0.29, 0.717) is 24.3 Å². The molecule has 0 radical (unpaired) electrons. The van der Waals surface area contributed by atoms with Crippen molar-refractivity contribution in [3.05, 3.63) is 54.6 Å². The quantitative estimate of drug-likeness (QED) is 0.540. The Hall–Kier alpha value is -3.09. The van der Waals surface area contributed by atoms with Crippen LogP contribution < -0.4 is 0 Å². The lowest BCUT2D eigenvalue weighted by Crippen LogP contribution is -2.01. The summed E-state index contributed by atoms with van der Waals surface area (Å²) >= 11 is 0. The molecule has 4 aromatic rings. The molecule has 138 valence electrons. The van der Waals surface area contributed by atoms with Gasteiger partial charge in [0.15, 0.2) is 5.82 Å². The molecule has 0 N–H and O–H groups in total. The first-order chi connectivity index (χ1) is 13.0. The summed E-state index contributed by atoms with van der Waals surface area (Å²) in [6, 6.07) is 4.69. The lowest BCUT2D eigenvalue weighted by Gasteiger charge is -2.08. The summed E-state index contributed by atoms with van der Waals surface area (Å²) in [6.07, 6.45) is 9.93. The molecule has 4 heterocycles. The summed E-state index contributed by atoms with van der Waals surface area (Å²) in [4.78, 5) is 18.1. The number of hydrogen-bond acceptors (Lipinski definition) is 5. The Morgan fingerprint density at radius 1 is 0.963 bits per heavy atom. The highest BCUT2D eigenvalue weighted by atomic mass is 15.3. The number of pyridine rings is 1. The fraction of sp³-hybridized carbons (Fsp3) is 0.350. The lowest BCUT2D eigenvalue weighted by atomic mass is 10.2. The van der Waals surface area contributed by atoms with Crippen molar-refractivity contribution in [1.29, 1.82) is 0 Å². The third-order valence-electron chi connectivity index (χ3n) is 4.54. The molecule has 0 aliphatic heterocycles. The summed E-state index contributed by atoms with van der Waals surface area (Å²) in [7, 11) is 0. The zero-order chi connectivity index (χ0) is 19.0. The maximum Gasteiger partial charge on any atom is 0.162 e. The van der Waals surface area contributed by atoms with Gasteiger partial charge in [0.2, 0.25) is 0 Å². The first-order valence-corrected chi connectivity index (χ1v) is 9.19. The molecule has 0 atom stereocenters. The highest BCUT2D eigenvalue weighted by Gasteiger charge is 2.10.